The summed E-state index contributed by atoms with van der Waals surface area (Å²) >= 11 is 0. The first kappa shape index (κ1) is 19.6. The highest BCUT2D eigenvalue weighted by Crippen LogP contribution is 2.32. The number of methoxy groups -OCH3 is 2. The molecule has 28 heavy (non-hydrogen) atoms. The van der Waals surface area contributed by atoms with Crippen molar-refractivity contribution in [3.8, 4) is 17.2 Å². The third-order valence-corrected chi connectivity index (χ3v) is 4.49. The molecule has 1 aromatic heterocycles. The zero-order valence-electron chi connectivity index (χ0n) is 16.6. The highest BCUT2D eigenvalue weighted by atomic mass is 16.5. The Bertz CT molecular complexity index is 976. The van der Waals surface area contributed by atoms with Gasteiger partial charge < -0.3 is 23.9 Å². The van der Waals surface area contributed by atoms with E-state index in [0.717, 1.165) is 24.0 Å². The molecule has 3 rings (SSSR count). The van der Waals surface area contributed by atoms with Gasteiger partial charge >= 0.3 is 0 Å². The topological polar surface area (TPSA) is 69.9 Å². The van der Waals surface area contributed by atoms with E-state index in [1.807, 2.05) is 18.2 Å². The van der Waals surface area contributed by atoms with Crippen molar-refractivity contribution >= 4 is 22.6 Å². The Morgan fingerprint density at radius 2 is 1.86 bits per heavy atom. The van der Waals surface area contributed by atoms with E-state index in [4.69, 9.17) is 18.6 Å². The fraction of sp³-hybridized carbons (Fsp3) is 0.318. The van der Waals surface area contributed by atoms with Crippen molar-refractivity contribution in [3.05, 3.63) is 47.7 Å². The largest absolute Gasteiger partial charge is 0.497 e. The average Bonchev–Trinajstić information content (AvgIpc) is 3.03. The summed E-state index contributed by atoms with van der Waals surface area (Å²) in [4.78, 5) is 13.0. The van der Waals surface area contributed by atoms with Gasteiger partial charge in [0.25, 0.3) is 5.91 Å². The second-order valence-electron chi connectivity index (χ2n) is 6.41. The molecule has 1 N–H and O–H groups in total. The maximum atomic E-state index is 13.0. The number of furan rings is 1. The number of rotatable bonds is 8. The molecule has 0 unspecified atom stereocenters. The van der Waals surface area contributed by atoms with E-state index in [1.165, 1.54) is 0 Å². The molecular weight excluding hydrogens is 358 g/mol. The van der Waals surface area contributed by atoms with Crippen LogP contribution in [0.3, 0.4) is 0 Å². The zero-order valence-corrected chi connectivity index (χ0v) is 16.6. The minimum atomic E-state index is -0.273. The summed E-state index contributed by atoms with van der Waals surface area (Å²) in [6.07, 6.45) is 2.04. The molecule has 0 aliphatic rings. The van der Waals surface area contributed by atoms with Crippen molar-refractivity contribution in [2.24, 2.45) is 0 Å². The molecule has 0 fully saturated rings. The number of anilines is 1. The summed E-state index contributed by atoms with van der Waals surface area (Å²) in [6, 6.07) is 10.8. The number of fused-ring (bicyclic) bond motifs is 1. The fourth-order valence-electron chi connectivity index (χ4n) is 2.99. The van der Waals surface area contributed by atoms with E-state index < -0.39 is 0 Å². The summed E-state index contributed by atoms with van der Waals surface area (Å²) in [5.74, 6) is 2.16. The van der Waals surface area contributed by atoms with Crippen LogP contribution in [0.4, 0.5) is 5.69 Å². The number of benzene rings is 2. The highest BCUT2D eigenvalue weighted by molar-refractivity contribution is 6.13. The normalized spacial score (nSPS) is 10.7. The number of hydrogen-bond acceptors (Lipinski definition) is 5. The molecule has 0 radical (unpaired) electrons. The molecule has 148 valence electrons. The maximum absolute atomic E-state index is 13.0. The van der Waals surface area contributed by atoms with Gasteiger partial charge in [0.2, 0.25) is 0 Å². The molecule has 0 aliphatic carbocycles. The van der Waals surface area contributed by atoms with E-state index in [-0.39, 0.29) is 5.91 Å². The Hall–Kier alpha value is -3.15. The lowest BCUT2D eigenvalue weighted by Gasteiger charge is -2.11. The molecule has 3 aromatic rings. The molecule has 2 aromatic carbocycles. The number of carbonyl (C=O) groups excluding carboxylic acids is 1. The van der Waals surface area contributed by atoms with Gasteiger partial charge in [0.15, 0.2) is 0 Å². The van der Waals surface area contributed by atoms with E-state index in [0.29, 0.717) is 40.7 Å². The molecule has 0 bridgehead atoms. The van der Waals surface area contributed by atoms with Crippen LogP contribution in [0.1, 0.15) is 35.9 Å². The van der Waals surface area contributed by atoms with Gasteiger partial charge in [-0.15, -0.1) is 0 Å². The van der Waals surface area contributed by atoms with Gasteiger partial charge in [0, 0.05) is 11.5 Å². The van der Waals surface area contributed by atoms with Gasteiger partial charge in [-0.1, -0.05) is 13.3 Å². The first-order valence-corrected chi connectivity index (χ1v) is 9.26. The first-order valence-electron chi connectivity index (χ1n) is 9.26. The Morgan fingerprint density at radius 1 is 1.07 bits per heavy atom. The Labute approximate surface area is 164 Å². The van der Waals surface area contributed by atoms with E-state index in [1.54, 1.807) is 39.3 Å². The van der Waals surface area contributed by atoms with E-state index >= 15 is 0 Å². The quantitative estimate of drug-likeness (QED) is 0.542. The van der Waals surface area contributed by atoms with Crippen LogP contribution < -0.4 is 19.5 Å². The van der Waals surface area contributed by atoms with E-state index in [9.17, 15) is 4.79 Å². The van der Waals surface area contributed by atoms with Gasteiger partial charge in [-0.3, -0.25) is 4.79 Å². The minimum Gasteiger partial charge on any atom is -0.497 e. The van der Waals surface area contributed by atoms with Crippen LogP contribution >= 0.6 is 0 Å². The number of amides is 1. The Kier molecular flexibility index (Phi) is 6.09. The molecule has 0 saturated heterocycles. The monoisotopic (exact) mass is 383 g/mol. The number of ether oxygens (including phenoxy) is 3. The lowest BCUT2D eigenvalue weighted by atomic mass is 10.1. The number of nitrogens with one attached hydrogen (secondary N) is 1. The predicted octanol–water partition coefficient (Wildman–Crippen LogP) is 5.19. The second-order valence-corrected chi connectivity index (χ2v) is 6.41. The molecule has 0 atom stereocenters. The summed E-state index contributed by atoms with van der Waals surface area (Å²) in [7, 11) is 3.12. The molecule has 6 nitrogen and oxygen atoms in total. The van der Waals surface area contributed by atoms with Gasteiger partial charge in [-0.05, 0) is 43.7 Å². The number of carbonyl (C=O) groups is 1. The highest BCUT2D eigenvalue weighted by Gasteiger charge is 2.20. The minimum absolute atomic E-state index is 0.273. The number of unbranched alkanes of at least 4 members (excludes halogenated alkanes) is 1. The average molecular weight is 383 g/mol. The van der Waals surface area contributed by atoms with Crippen LogP contribution in [-0.4, -0.2) is 26.7 Å². The van der Waals surface area contributed by atoms with Crippen LogP contribution in [-0.2, 0) is 0 Å². The smallest absolute Gasteiger partial charge is 0.259 e. The van der Waals surface area contributed by atoms with E-state index in [2.05, 4.69) is 12.2 Å². The SMILES string of the molecule is CCCCOc1ccc2oc(C)c(C(=O)Nc3ccc(OC)cc3OC)c2c1. The third kappa shape index (κ3) is 4.06. The van der Waals surface area contributed by atoms with Crippen LogP contribution in [0, 0.1) is 6.92 Å². The lowest BCUT2D eigenvalue weighted by Crippen LogP contribution is -2.13. The molecule has 6 heteroatoms. The zero-order chi connectivity index (χ0) is 20.1. The van der Waals surface area contributed by atoms with Crippen molar-refractivity contribution in [3.63, 3.8) is 0 Å². The fourth-order valence-corrected chi connectivity index (χ4v) is 2.99. The predicted molar refractivity (Wildman–Crippen MR) is 109 cm³/mol. The Balaban J connectivity index is 1.90. The van der Waals surface area contributed by atoms with Crippen molar-refractivity contribution < 1.29 is 23.4 Å². The molecule has 1 heterocycles. The van der Waals surface area contributed by atoms with Gasteiger partial charge in [0.1, 0.15) is 28.6 Å². The molecule has 0 aliphatic heterocycles. The molecule has 1 amide bonds. The van der Waals surface area contributed by atoms with Crippen molar-refractivity contribution in [1.29, 1.82) is 0 Å². The van der Waals surface area contributed by atoms with Crippen LogP contribution in [0.15, 0.2) is 40.8 Å². The summed E-state index contributed by atoms with van der Waals surface area (Å²) in [5.41, 5.74) is 1.68. The molecule has 0 spiro atoms. The van der Waals surface area contributed by atoms with Crippen molar-refractivity contribution in [2.75, 3.05) is 26.1 Å². The first-order chi connectivity index (χ1) is 13.6. The standard InChI is InChI=1S/C22H25NO5/c1-5-6-11-27-16-8-10-19-17(12-16)21(14(2)28-19)22(24)23-18-9-7-15(25-3)13-20(18)26-4/h7-10,12-13H,5-6,11H2,1-4H3,(H,23,24). The van der Waals surface area contributed by atoms with Crippen LogP contribution in [0.25, 0.3) is 11.0 Å². The molecule has 0 saturated carbocycles. The molecular formula is C22H25NO5. The second kappa shape index (κ2) is 8.69. The Morgan fingerprint density at radius 3 is 2.57 bits per heavy atom. The van der Waals surface area contributed by atoms with Gasteiger partial charge in [-0.25, -0.2) is 0 Å². The number of hydrogen-bond donors (Lipinski definition) is 1. The van der Waals surface area contributed by atoms with Gasteiger partial charge in [-0.2, -0.15) is 0 Å². The number of aryl methyl sites for hydroxylation is 1. The van der Waals surface area contributed by atoms with Crippen LogP contribution in [0.2, 0.25) is 0 Å². The third-order valence-electron chi connectivity index (χ3n) is 4.49. The van der Waals surface area contributed by atoms with Gasteiger partial charge in [0.05, 0.1) is 32.1 Å². The lowest BCUT2D eigenvalue weighted by molar-refractivity contribution is 0.102. The summed E-state index contributed by atoms with van der Waals surface area (Å²) in [5, 5.41) is 3.62. The summed E-state index contributed by atoms with van der Waals surface area (Å²) in [6.45, 7) is 4.53. The summed E-state index contributed by atoms with van der Waals surface area (Å²) < 4.78 is 22.1. The van der Waals surface area contributed by atoms with Crippen molar-refractivity contribution in [1.82, 2.24) is 0 Å². The maximum Gasteiger partial charge on any atom is 0.259 e. The van der Waals surface area contributed by atoms with Crippen molar-refractivity contribution in [2.45, 2.75) is 26.7 Å². The van der Waals surface area contributed by atoms with Crippen LogP contribution in [0.5, 0.6) is 17.2 Å².